The third-order valence-corrected chi connectivity index (χ3v) is 4.46. The standard InChI is InChI=1S/C18H11F3N2O4S/c19-18(20,21)13-10-12(6-7-14(13)23(25)26)27-15-8-9-28-16(15)17(24)22-11-4-2-1-3-5-11/h1-10H,(H,22,24). The number of anilines is 1. The first-order valence-corrected chi connectivity index (χ1v) is 8.61. The van der Waals surface area contributed by atoms with E-state index in [4.69, 9.17) is 4.74 Å². The number of carbonyl (C=O) groups is 1. The summed E-state index contributed by atoms with van der Waals surface area (Å²) < 4.78 is 44.7. The first kappa shape index (κ1) is 19.4. The highest BCUT2D eigenvalue weighted by molar-refractivity contribution is 7.12. The number of para-hydroxylation sites is 1. The van der Waals surface area contributed by atoms with Gasteiger partial charge in [-0.05, 0) is 35.7 Å². The van der Waals surface area contributed by atoms with E-state index in [-0.39, 0.29) is 16.4 Å². The Labute approximate surface area is 160 Å². The van der Waals surface area contributed by atoms with Crippen molar-refractivity contribution in [3.8, 4) is 11.5 Å². The van der Waals surface area contributed by atoms with Gasteiger partial charge in [-0.25, -0.2) is 0 Å². The third kappa shape index (κ3) is 4.29. The number of hydrogen-bond donors (Lipinski definition) is 1. The number of nitro benzene ring substituents is 1. The van der Waals surface area contributed by atoms with Gasteiger partial charge in [0.05, 0.1) is 4.92 Å². The minimum atomic E-state index is -4.93. The number of amides is 1. The molecule has 1 amide bonds. The fourth-order valence-corrected chi connectivity index (χ4v) is 3.06. The average Bonchev–Trinajstić information content (AvgIpc) is 3.10. The molecular weight excluding hydrogens is 397 g/mol. The van der Waals surface area contributed by atoms with Crippen LogP contribution in [0.5, 0.6) is 11.5 Å². The molecule has 0 aliphatic rings. The van der Waals surface area contributed by atoms with Crippen LogP contribution in [0, 0.1) is 10.1 Å². The minimum Gasteiger partial charge on any atom is -0.456 e. The van der Waals surface area contributed by atoms with Crippen molar-refractivity contribution in [2.24, 2.45) is 0 Å². The fraction of sp³-hybridized carbons (Fsp3) is 0.0556. The van der Waals surface area contributed by atoms with Gasteiger partial charge in [-0.3, -0.25) is 14.9 Å². The summed E-state index contributed by atoms with van der Waals surface area (Å²) in [5.74, 6) is -0.723. The van der Waals surface area contributed by atoms with Gasteiger partial charge < -0.3 is 10.1 Å². The van der Waals surface area contributed by atoms with E-state index in [2.05, 4.69) is 5.32 Å². The quantitative estimate of drug-likeness (QED) is 0.432. The molecule has 0 saturated heterocycles. The van der Waals surface area contributed by atoms with E-state index in [9.17, 15) is 28.1 Å². The molecule has 6 nitrogen and oxygen atoms in total. The number of nitrogens with one attached hydrogen (secondary N) is 1. The maximum absolute atomic E-state index is 13.1. The Morgan fingerprint density at radius 3 is 2.46 bits per heavy atom. The molecule has 0 unspecified atom stereocenters. The zero-order chi connectivity index (χ0) is 20.3. The Bertz CT molecular complexity index is 1020. The minimum absolute atomic E-state index is 0.0420. The van der Waals surface area contributed by atoms with E-state index in [1.807, 2.05) is 0 Å². The van der Waals surface area contributed by atoms with Crippen molar-refractivity contribution in [3.63, 3.8) is 0 Å². The van der Waals surface area contributed by atoms with Gasteiger partial charge in [-0.1, -0.05) is 18.2 Å². The summed E-state index contributed by atoms with van der Waals surface area (Å²) in [6.45, 7) is 0. The highest BCUT2D eigenvalue weighted by Crippen LogP contribution is 2.39. The second-order valence-electron chi connectivity index (χ2n) is 5.47. The van der Waals surface area contributed by atoms with Gasteiger partial charge in [0.2, 0.25) is 0 Å². The summed E-state index contributed by atoms with van der Waals surface area (Å²) in [7, 11) is 0. The predicted molar refractivity (Wildman–Crippen MR) is 96.9 cm³/mol. The lowest BCUT2D eigenvalue weighted by atomic mass is 10.1. The van der Waals surface area contributed by atoms with Crippen molar-refractivity contribution in [1.29, 1.82) is 0 Å². The van der Waals surface area contributed by atoms with Crippen molar-refractivity contribution in [3.05, 3.63) is 80.5 Å². The van der Waals surface area contributed by atoms with E-state index < -0.39 is 28.3 Å². The van der Waals surface area contributed by atoms with Gasteiger partial charge in [0, 0.05) is 11.8 Å². The summed E-state index contributed by atoms with van der Waals surface area (Å²) in [5.41, 5.74) is -1.96. The summed E-state index contributed by atoms with van der Waals surface area (Å²) in [5, 5.41) is 15.0. The normalized spacial score (nSPS) is 11.1. The number of rotatable bonds is 5. The Morgan fingerprint density at radius 1 is 1.11 bits per heavy atom. The zero-order valence-corrected chi connectivity index (χ0v) is 14.7. The van der Waals surface area contributed by atoms with Crippen LogP contribution in [0.2, 0.25) is 0 Å². The lowest BCUT2D eigenvalue weighted by molar-refractivity contribution is -0.388. The number of hydrogen-bond acceptors (Lipinski definition) is 5. The van der Waals surface area contributed by atoms with Crippen LogP contribution in [0.3, 0.4) is 0 Å². The Kier molecular flexibility index (Phi) is 5.32. The summed E-state index contributed by atoms with van der Waals surface area (Å²) >= 11 is 1.05. The molecule has 144 valence electrons. The lowest BCUT2D eigenvalue weighted by Crippen LogP contribution is -2.11. The molecule has 3 rings (SSSR count). The van der Waals surface area contributed by atoms with Crippen LogP contribution < -0.4 is 10.1 Å². The van der Waals surface area contributed by atoms with E-state index >= 15 is 0 Å². The van der Waals surface area contributed by atoms with Gasteiger partial charge in [-0.15, -0.1) is 11.3 Å². The summed E-state index contributed by atoms with van der Waals surface area (Å²) in [4.78, 5) is 22.3. The van der Waals surface area contributed by atoms with Crippen molar-refractivity contribution >= 4 is 28.6 Å². The molecular formula is C18H11F3N2O4S. The number of ether oxygens (including phenoxy) is 1. The summed E-state index contributed by atoms with van der Waals surface area (Å²) in [6, 6.07) is 12.3. The van der Waals surface area contributed by atoms with Crippen molar-refractivity contribution < 1.29 is 27.6 Å². The fourth-order valence-electron chi connectivity index (χ4n) is 2.34. The molecule has 0 aliphatic heterocycles. The monoisotopic (exact) mass is 408 g/mol. The molecule has 0 atom stereocenters. The van der Waals surface area contributed by atoms with Gasteiger partial charge in [0.1, 0.15) is 16.2 Å². The van der Waals surface area contributed by atoms with Crippen LogP contribution in [0.25, 0.3) is 0 Å². The van der Waals surface area contributed by atoms with Crippen molar-refractivity contribution in [2.75, 3.05) is 5.32 Å². The van der Waals surface area contributed by atoms with Gasteiger partial charge in [0.15, 0.2) is 5.75 Å². The molecule has 1 heterocycles. The van der Waals surface area contributed by atoms with Crippen LogP contribution in [-0.4, -0.2) is 10.8 Å². The Morgan fingerprint density at radius 2 is 1.82 bits per heavy atom. The van der Waals surface area contributed by atoms with E-state index in [0.29, 0.717) is 17.8 Å². The van der Waals surface area contributed by atoms with Crippen LogP contribution in [0.15, 0.2) is 60.0 Å². The molecule has 0 radical (unpaired) electrons. The number of nitro groups is 1. The number of thiophene rings is 1. The molecule has 10 heteroatoms. The highest BCUT2D eigenvalue weighted by atomic mass is 32.1. The van der Waals surface area contributed by atoms with Crippen LogP contribution in [0.4, 0.5) is 24.5 Å². The molecule has 1 aromatic heterocycles. The maximum Gasteiger partial charge on any atom is 0.423 e. The molecule has 3 aromatic rings. The lowest BCUT2D eigenvalue weighted by Gasteiger charge is -2.11. The van der Waals surface area contributed by atoms with E-state index in [1.54, 1.807) is 35.7 Å². The number of halogens is 3. The van der Waals surface area contributed by atoms with Crippen LogP contribution in [-0.2, 0) is 6.18 Å². The Hall–Kier alpha value is -3.40. The number of nitrogens with zero attached hydrogens (tertiary/aromatic N) is 1. The largest absolute Gasteiger partial charge is 0.456 e. The third-order valence-electron chi connectivity index (χ3n) is 3.56. The molecule has 0 fully saturated rings. The van der Waals surface area contributed by atoms with Gasteiger partial charge >= 0.3 is 6.18 Å². The molecule has 0 saturated carbocycles. The second kappa shape index (κ2) is 7.69. The first-order chi connectivity index (χ1) is 13.3. The van der Waals surface area contributed by atoms with Gasteiger partial charge in [-0.2, -0.15) is 13.2 Å². The maximum atomic E-state index is 13.1. The number of carbonyl (C=O) groups excluding carboxylic acids is 1. The summed E-state index contributed by atoms with van der Waals surface area (Å²) in [6.07, 6.45) is -4.93. The van der Waals surface area contributed by atoms with Crippen molar-refractivity contribution in [2.45, 2.75) is 6.18 Å². The molecule has 28 heavy (non-hydrogen) atoms. The average molecular weight is 408 g/mol. The number of benzene rings is 2. The van der Waals surface area contributed by atoms with Crippen LogP contribution in [0.1, 0.15) is 15.2 Å². The molecule has 0 bridgehead atoms. The van der Waals surface area contributed by atoms with Crippen molar-refractivity contribution in [1.82, 2.24) is 0 Å². The molecule has 2 aromatic carbocycles. The molecule has 1 N–H and O–H groups in total. The molecule has 0 spiro atoms. The number of alkyl halides is 3. The van der Waals surface area contributed by atoms with Gasteiger partial charge in [0.25, 0.3) is 11.6 Å². The second-order valence-corrected chi connectivity index (χ2v) is 6.39. The topological polar surface area (TPSA) is 81.5 Å². The molecule has 0 aliphatic carbocycles. The van der Waals surface area contributed by atoms with Crippen LogP contribution >= 0.6 is 11.3 Å². The smallest absolute Gasteiger partial charge is 0.423 e. The highest BCUT2D eigenvalue weighted by Gasteiger charge is 2.38. The SMILES string of the molecule is O=C(Nc1ccccc1)c1sccc1Oc1ccc([N+](=O)[O-])c(C(F)(F)F)c1. The first-order valence-electron chi connectivity index (χ1n) is 7.73. The van der Waals surface area contributed by atoms with E-state index in [0.717, 1.165) is 17.4 Å². The predicted octanol–water partition coefficient (Wildman–Crippen LogP) is 5.72. The Balaban J connectivity index is 1.86. The van der Waals surface area contributed by atoms with E-state index in [1.165, 1.54) is 6.07 Å². The zero-order valence-electron chi connectivity index (χ0n) is 13.9.